The fraction of sp³-hybridized carbons (Fsp3) is 0.306. The largest absolute Gasteiger partial charge is 0.341 e. The highest BCUT2D eigenvalue weighted by Crippen LogP contribution is 2.53. The van der Waals surface area contributed by atoms with Crippen molar-refractivity contribution in [2.75, 3.05) is 21.2 Å². The molecule has 10 unspecified atom stereocenters. The van der Waals surface area contributed by atoms with Crippen molar-refractivity contribution in [3.05, 3.63) is 132 Å². The summed E-state index contributed by atoms with van der Waals surface area (Å²) < 4.78 is 120. The van der Waals surface area contributed by atoms with Crippen LogP contribution in [-0.4, -0.2) is 88.4 Å². The number of allylic oxidation sites excluding steroid dienone is 2. The normalized spacial score (nSPS) is 30.2. The van der Waals surface area contributed by atoms with E-state index in [1.165, 1.54) is 72.8 Å². The standard InChI is InChI=1S/C49H41F2N7O10S3/c1-69(63,64)58(32-14-16-34-36(20-32)70(65,66)54-46(52-34)40-44(59)38-26-6-8-28(18-26)42(38)56(48(40)61)22-24-2-10-30(50)11-3-24)33-15-17-35-37(21-33)71(67,68)55-47(53-35)41-45(60)39-27-7-9-29(19-27)43(39)57(49(41)62)23-25-4-12-31(51)13-5-25/h2-17,20-21,26-29,38-43H,18-19,22-23H2,1H3,(H,52,54)(H,53,55). The van der Waals surface area contributed by atoms with Crippen molar-refractivity contribution < 1.29 is 53.2 Å². The lowest BCUT2D eigenvalue weighted by Gasteiger charge is -2.44. The SMILES string of the molecule is CS(=O)(=O)N(c1ccc2c(c1)S(=O)(=O)N=C(C1C(=O)C3C4C=CC(C4)C3N(Cc3ccc(F)cc3)C1=O)N2)c1ccc2c(c1)S(=O)(=O)N=C(C1C(=O)C3C4C=CC(C4)C3N(Cc3ccc(F)cc3)C1=O)N2. The van der Waals surface area contributed by atoms with Gasteiger partial charge in [-0.3, -0.25) is 19.2 Å². The first kappa shape index (κ1) is 45.2. The molecule has 8 aliphatic rings. The van der Waals surface area contributed by atoms with Crippen molar-refractivity contribution in [2.24, 2.45) is 56.1 Å². The number of halogens is 2. The third-order valence-electron chi connectivity index (χ3n) is 15.2. The summed E-state index contributed by atoms with van der Waals surface area (Å²) in [7, 11) is -13.9. The summed E-state index contributed by atoms with van der Waals surface area (Å²) in [6, 6.07) is 17.2. The molecule has 4 aliphatic carbocycles. The number of benzene rings is 4. The van der Waals surface area contributed by atoms with E-state index in [9.17, 15) is 53.2 Å². The molecule has 22 heteroatoms. The maximum atomic E-state index is 14.4. The van der Waals surface area contributed by atoms with E-state index < -0.39 is 122 Å². The van der Waals surface area contributed by atoms with Crippen molar-refractivity contribution in [1.82, 2.24) is 9.80 Å². The molecular formula is C49H41F2N7O10S3. The van der Waals surface area contributed by atoms with Gasteiger partial charge in [0.05, 0.1) is 29.0 Å². The molecule has 0 aromatic heterocycles. The van der Waals surface area contributed by atoms with Gasteiger partial charge in [-0.1, -0.05) is 48.6 Å². The number of carbonyl (C=O) groups excluding carboxylic acids is 4. The highest BCUT2D eigenvalue weighted by molar-refractivity contribution is 7.92. The molecule has 2 amide bonds. The third-order valence-corrected chi connectivity index (χ3v) is 18.9. The first-order chi connectivity index (χ1) is 33.8. The number of hydrogen-bond donors (Lipinski definition) is 2. The Balaban J connectivity index is 0.843. The number of carbonyl (C=O) groups is 4. The predicted octanol–water partition coefficient (Wildman–Crippen LogP) is 4.92. The molecule has 0 radical (unpaired) electrons. The minimum Gasteiger partial charge on any atom is -0.341 e. The van der Waals surface area contributed by atoms with Gasteiger partial charge in [-0.05, 0) is 108 Å². The third kappa shape index (κ3) is 7.18. The van der Waals surface area contributed by atoms with Crippen LogP contribution in [0, 0.1) is 59.0 Å². The molecule has 4 aromatic rings. The van der Waals surface area contributed by atoms with Crippen LogP contribution in [0.1, 0.15) is 24.0 Å². The van der Waals surface area contributed by atoms with Crippen LogP contribution in [0.4, 0.5) is 31.5 Å². The smallest absolute Gasteiger partial charge is 0.286 e. The van der Waals surface area contributed by atoms with Crippen molar-refractivity contribution in [3.8, 4) is 0 Å². The quantitative estimate of drug-likeness (QED) is 0.168. The van der Waals surface area contributed by atoms with Crippen LogP contribution in [0.15, 0.2) is 128 Å². The van der Waals surface area contributed by atoms with Crippen molar-refractivity contribution >= 4 is 87.9 Å². The first-order valence-electron chi connectivity index (χ1n) is 22.8. The molecule has 2 saturated heterocycles. The Morgan fingerprint density at radius 3 is 1.35 bits per heavy atom. The number of hydrogen-bond acceptors (Lipinski definition) is 12. The molecule has 4 aromatic carbocycles. The number of rotatable bonds is 9. The summed E-state index contributed by atoms with van der Waals surface area (Å²) in [6.07, 6.45) is 9.90. The zero-order valence-electron chi connectivity index (χ0n) is 37.3. The molecule has 364 valence electrons. The monoisotopic (exact) mass is 1020 g/mol. The fourth-order valence-corrected chi connectivity index (χ4v) is 15.6. The minimum atomic E-state index is -4.75. The summed E-state index contributed by atoms with van der Waals surface area (Å²) in [5.74, 6) is -9.23. The van der Waals surface area contributed by atoms with Gasteiger partial charge < -0.3 is 20.4 Å². The zero-order valence-corrected chi connectivity index (χ0v) is 39.7. The molecule has 2 N–H and O–H groups in total. The summed E-state index contributed by atoms with van der Waals surface area (Å²) in [5, 5.41) is 5.73. The number of fused-ring (bicyclic) bond motifs is 12. The van der Waals surface area contributed by atoms with Gasteiger partial charge in [0, 0.05) is 37.0 Å². The predicted molar refractivity (Wildman–Crippen MR) is 253 cm³/mol. The molecule has 4 aliphatic heterocycles. The van der Waals surface area contributed by atoms with E-state index in [0.29, 0.717) is 28.3 Å². The lowest BCUT2D eigenvalue weighted by atomic mass is 9.75. The van der Waals surface area contributed by atoms with E-state index in [0.717, 1.165) is 18.4 Å². The molecule has 10 atom stereocenters. The Morgan fingerprint density at radius 2 is 0.972 bits per heavy atom. The molecule has 0 spiro atoms. The van der Waals surface area contributed by atoms with E-state index in [2.05, 4.69) is 19.4 Å². The van der Waals surface area contributed by atoms with E-state index in [-0.39, 0.29) is 59.5 Å². The Kier molecular flexibility index (Phi) is 10.1. The number of likely N-dealkylation sites (tertiary alicyclic amines) is 2. The number of sulfonamides is 3. The second-order valence-corrected chi connectivity index (χ2v) is 24.3. The topological polar surface area (TPSA) is 229 Å². The van der Waals surface area contributed by atoms with Crippen LogP contribution in [0.5, 0.6) is 0 Å². The molecule has 12 rings (SSSR count). The van der Waals surface area contributed by atoms with Crippen LogP contribution in [-0.2, 0) is 62.3 Å². The number of ketones is 2. The number of amides is 2. The van der Waals surface area contributed by atoms with Crippen LogP contribution in [0.2, 0.25) is 0 Å². The van der Waals surface area contributed by atoms with Gasteiger partial charge >= 0.3 is 0 Å². The molecule has 4 fully saturated rings. The summed E-state index contributed by atoms with van der Waals surface area (Å²) >= 11 is 0. The molecule has 71 heavy (non-hydrogen) atoms. The van der Waals surface area contributed by atoms with Gasteiger partial charge in [-0.2, -0.15) is 16.8 Å². The Hall–Kier alpha value is -6.91. The minimum absolute atomic E-state index is 0.0359. The van der Waals surface area contributed by atoms with Gasteiger partial charge in [0.25, 0.3) is 20.0 Å². The van der Waals surface area contributed by atoms with Gasteiger partial charge in [0.1, 0.15) is 33.1 Å². The number of amidine groups is 2. The Morgan fingerprint density at radius 1 is 0.592 bits per heavy atom. The van der Waals surface area contributed by atoms with E-state index in [4.69, 9.17) is 0 Å². The lowest BCUT2D eigenvalue weighted by molar-refractivity contribution is -0.153. The zero-order chi connectivity index (χ0) is 49.6. The Labute approximate surface area is 406 Å². The average molecular weight is 1020 g/mol. The second-order valence-electron chi connectivity index (χ2n) is 19.3. The molecule has 4 heterocycles. The fourth-order valence-electron chi connectivity index (χ4n) is 12.3. The van der Waals surface area contributed by atoms with E-state index in [1.807, 2.05) is 24.3 Å². The summed E-state index contributed by atoms with van der Waals surface area (Å²) in [4.78, 5) is 59.5. The molecular weight excluding hydrogens is 981 g/mol. The number of Topliss-reactive ketones (excluding diaryl/α,β-unsaturated/α-hetero) is 2. The van der Waals surface area contributed by atoms with E-state index >= 15 is 0 Å². The Bertz CT molecular complexity index is 3330. The molecule has 2 saturated carbocycles. The maximum Gasteiger partial charge on any atom is 0.286 e. The summed E-state index contributed by atoms with van der Waals surface area (Å²) in [6.45, 7) is 0.0718. The van der Waals surface area contributed by atoms with Crippen LogP contribution < -0.4 is 14.9 Å². The van der Waals surface area contributed by atoms with Gasteiger partial charge in [0.15, 0.2) is 23.4 Å². The first-order valence-corrected chi connectivity index (χ1v) is 27.5. The highest BCUT2D eigenvalue weighted by Gasteiger charge is 2.61. The number of nitrogens with zero attached hydrogens (tertiary/aromatic N) is 5. The van der Waals surface area contributed by atoms with Crippen molar-refractivity contribution in [1.29, 1.82) is 0 Å². The van der Waals surface area contributed by atoms with Crippen LogP contribution in [0.3, 0.4) is 0 Å². The van der Waals surface area contributed by atoms with Crippen LogP contribution in [0.25, 0.3) is 0 Å². The van der Waals surface area contributed by atoms with Crippen molar-refractivity contribution in [3.63, 3.8) is 0 Å². The second kappa shape index (κ2) is 15.8. The van der Waals surface area contributed by atoms with Gasteiger partial charge in [-0.25, -0.2) is 21.5 Å². The number of anilines is 4. The number of piperidine rings is 2. The lowest BCUT2D eigenvalue weighted by Crippen LogP contribution is -2.61. The van der Waals surface area contributed by atoms with Crippen molar-refractivity contribution in [2.45, 2.75) is 47.8 Å². The highest BCUT2D eigenvalue weighted by atomic mass is 32.2. The average Bonchev–Trinajstić information content (AvgIpc) is 4.14. The van der Waals surface area contributed by atoms with Gasteiger partial charge in [0.2, 0.25) is 21.8 Å². The maximum absolute atomic E-state index is 14.4. The van der Waals surface area contributed by atoms with Crippen LogP contribution >= 0.6 is 0 Å². The number of nitrogens with one attached hydrogen (secondary N) is 2. The molecule has 17 nitrogen and oxygen atoms in total. The van der Waals surface area contributed by atoms with Gasteiger partial charge in [-0.15, -0.1) is 8.80 Å². The summed E-state index contributed by atoms with van der Waals surface area (Å²) in [5.41, 5.74) is 0.497. The van der Waals surface area contributed by atoms with E-state index in [1.54, 1.807) is 9.80 Å². The molecule has 4 bridgehead atoms.